The van der Waals surface area contributed by atoms with E-state index in [-0.39, 0.29) is 16.1 Å². The molecule has 0 saturated carbocycles. The van der Waals surface area contributed by atoms with E-state index in [9.17, 15) is 0 Å². The second-order valence-electron chi connectivity index (χ2n) is 1.42. The highest BCUT2D eigenvalue weighted by molar-refractivity contribution is 6.33. The molecule has 1 rings (SSSR count). The van der Waals surface area contributed by atoms with Crippen LogP contribution in [0.3, 0.4) is 0 Å². The first-order valence-electron chi connectivity index (χ1n) is 2.29. The van der Waals surface area contributed by atoms with Crippen molar-refractivity contribution in [3.8, 4) is 0 Å². The minimum atomic E-state index is 0.0440. The summed E-state index contributed by atoms with van der Waals surface area (Å²) in [4.78, 5) is 10.2. The molecule has 0 unspecified atom stereocenters. The summed E-state index contributed by atoms with van der Waals surface area (Å²) in [5, 5.41) is 0.236. The summed E-state index contributed by atoms with van der Waals surface area (Å²) in [6.45, 7) is 6.55. The van der Waals surface area contributed by atoms with E-state index in [0.717, 1.165) is 0 Å². The molecule has 0 radical (unpaired) electrons. The molecular formula is C5HCl2N3. The van der Waals surface area contributed by atoms with Crippen molar-refractivity contribution in [3.63, 3.8) is 0 Å². The molecule has 0 N–H and O–H groups in total. The van der Waals surface area contributed by atoms with E-state index >= 15 is 0 Å². The zero-order valence-corrected chi connectivity index (χ0v) is 6.19. The third kappa shape index (κ3) is 1.35. The molecule has 0 spiro atoms. The second-order valence-corrected chi connectivity index (χ2v) is 2.16. The highest BCUT2D eigenvalue weighted by Gasteiger charge is 2.02. The minimum Gasteiger partial charge on any atom is -0.358 e. The van der Waals surface area contributed by atoms with Crippen LogP contribution in [0.1, 0.15) is 0 Å². The Morgan fingerprint density at radius 2 is 2.20 bits per heavy atom. The Kier molecular flexibility index (Phi) is 2.05. The lowest BCUT2D eigenvalue weighted by atomic mass is 10.7. The van der Waals surface area contributed by atoms with Crippen molar-refractivity contribution in [2.75, 3.05) is 0 Å². The van der Waals surface area contributed by atoms with Gasteiger partial charge in [-0.1, -0.05) is 29.8 Å². The standard InChI is InChI=1S/C5HCl2N3/c1-8-5-4(7)10-3(6)2-9-5/h2H. The average Bonchev–Trinajstić information content (AvgIpc) is 1.88. The molecule has 0 aliphatic carbocycles. The van der Waals surface area contributed by atoms with Crippen LogP contribution in [-0.2, 0) is 0 Å². The van der Waals surface area contributed by atoms with E-state index in [1.54, 1.807) is 0 Å². The molecule has 5 heteroatoms. The zero-order chi connectivity index (χ0) is 7.56. The maximum atomic E-state index is 6.55. The van der Waals surface area contributed by atoms with Gasteiger partial charge < -0.3 is 4.85 Å². The molecule has 0 aliphatic rings. The zero-order valence-electron chi connectivity index (χ0n) is 4.67. The average molecular weight is 174 g/mol. The molecule has 0 bridgehead atoms. The van der Waals surface area contributed by atoms with Crippen molar-refractivity contribution in [1.29, 1.82) is 0 Å². The molecule has 0 fully saturated rings. The van der Waals surface area contributed by atoms with E-state index < -0.39 is 0 Å². The molecule has 1 heterocycles. The van der Waals surface area contributed by atoms with Crippen molar-refractivity contribution < 1.29 is 0 Å². The number of rotatable bonds is 0. The first-order valence-corrected chi connectivity index (χ1v) is 3.05. The Labute approximate surface area is 67.4 Å². The smallest absolute Gasteiger partial charge is 0.307 e. The summed E-state index contributed by atoms with van der Waals surface area (Å²) >= 11 is 10.9. The third-order valence-corrected chi connectivity index (χ3v) is 1.22. The number of halogens is 2. The Balaban J connectivity index is 3.23. The van der Waals surface area contributed by atoms with Crippen LogP contribution in [0.25, 0.3) is 4.85 Å². The minimum absolute atomic E-state index is 0.0440. The van der Waals surface area contributed by atoms with E-state index in [2.05, 4.69) is 14.8 Å². The van der Waals surface area contributed by atoms with Gasteiger partial charge in [0, 0.05) is 0 Å². The van der Waals surface area contributed by atoms with Crippen LogP contribution in [0.5, 0.6) is 0 Å². The van der Waals surface area contributed by atoms with Crippen molar-refractivity contribution in [1.82, 2.24) is 9.97 Å². The van der Waals surface area contributed by atoms with Gasteiger partial charge in [-0.15, -0.1) is 4.98 Å². The Morgan fingerprint density at radius 1 is 1.50 bits per heavy atom. The van der Waals surface area contributed by atoms with Crippen LogP contribution in [-0.4, -0.2) is 9.97 Å². The van der Waals surface area contributed by atoms with E-state index in [1.165, 1.54) is 6.20 Å². The fourth-order valence-corrected chi connectivity index (χ4v) is 0.774. The number of hydrogen-bond acceptors (Lipinski definition) is 2. The predicted octanol–water partition coefficient (Wildman–Crippen LogP) is 2.33. The molecule has 0 saturated heterocycles. The van der Waals surface area contributed by atoms with Crippen LogP contribution in [0.15, 0.2) is 6.20 Å². The van der Waals surface area contributed by atoms with Gasteiger partial charge in [0.25, 0.3) is 0 Å². The van der Waals surface area contributed by atoms with Gasteiger partial charge in [-0.3, -0.25) is 0 Å². The van der Waals surface area contributed by atoms with Crippen molar-refractivity contribution in [2.24, 2.45) is 0 Å². The van der Waals surface area contributed by atoms with Gasteiger partial charge in [0.2, 0.25) is 0 Å². The Morgan fingerprint density at radius 3 is 2.70 bits per heavy atom. The van der Waals surface area contributed by atoms with Gasteiger partial charge >= 0.3 is 5.82 Å². The highest BCUT2D eigenvalue weighted by atomic mass is 35.5. The molecule has 0 atom stereocenters. The SMILES string of the molecule is [C-]#[N+]c1ncc(Cl)nc1Cl. The lowest BCUT2D eigenvalue weighted by Gasteiger charge is -1.89. The number of nitrogens with zero attached hydrogens (tertiary/aromatic N) is 3. The quantitative estimate of drug-likeness (QED) is 0.565. The third-order valence-electron chi connectivity index (χ3n) is 0.789. The molecule has 0 aliphatic heterocycles. The van der Waals surface area contributed by atoms with E-state index in [0.29, 0.717) is 0 Å². The van der Waals surface area contributed by atoms with Crippen LogP contribution >= 0.6 is 23.2 Å². The van der Waals surface area contributed by atoms with E-state index in [1.807, 2.05) is 0 Å². The Hall–Kier alpha value is -0.850. The second kappa shape index (κ2) is 2.82. The first kappa shape index (κ1) is 7.26. The van der Waals surface area contributed by atoms with Gasteiger partial charge in [0.1, 0.15) is 0 Å². The fraction of sp³-hybridized carbons (Fsp3) is 0. The van der Waals surface area contributed by atoms with E-state index in [4.69, 9.17) is 29.8 Å². The van der Waals surface area contributed by atoms with Gasteiger partial charge in [0.15, 0.2) is 16.5 Å². The topological polar surface area (TPSA) is 30.1 Å². The normalized spacial score (nSPS) is 8.90. The molecule has 1 aromatic rings. The molecule has 0 aromatic carbocycles. The molecule has 3 nitrogen and oxygen atoms in total. The van der Waals surface area contributed by atoms with Crippen molar-refractivity contribution in [3.05, 3.63) is 27.9 Å². The molecule has 0 amide bonds. The van der Waals surface area contributed by atoms with Crippen LogP contribution in [0.2, 0.25) is 10.3 Å². The lowest BCUT2D eigenvalue weighted by Crippen LogP contribution is -1.79. The van der Waals surface area contributed by atoms with Gasteiger partial charge in [-0.2, -0.15) is 0 Å². The highest BCUT2D eigenvalue weighted by Crippen LogP contribution is 2.20. The maximum Gasteiger partial charge on any atom is 0.307 e. The van der Waals surface area contributed by atoms with Gasteiger partial charge in [-0.05, 0) is 0 Å². The first-order chi connectivity index (χ1) is 4.74. The monoisotopic (exact) mass is 173 g/mol. The number of aromatic nitrogens is 2. The maximum absolute atomic E-state index is 6.55. The molecule has 1 aromatic heterocycles. The predicted molar refractivity (Wildman–Crippen MR) is 38.3 cm³/mol. The van der Waals surface area contributed by atoms with Crippen LogP contribution in [0, 0.1) is 6.57 Å². The summed E-state index contributed by atoms with van der Waals surface area (Å²) in [6, 6.07) is 0. The summed E-state index contributed by atoms with van der Waals surface area (Å²) < 4.78 is 0. The summed E-state index contributed by atoms with van der Waals surface area (Å²) in [5.41, 5.74) is 0. The molecular weight excluding hydrogens is 173 g/mol. The summed E-state index contributed by atoms with van der Waals surface area (Å²) in [7, 11) is 0. The summed E-state index contributed by atoms with van der Waals surface area (Å²) in [6.07, 6.45) is 1.28. The fourth-order valence-electron chi connectivity index (χ4n) is 0.415. The summed E-state index contributed by atoms with van der Waals surface area (Å²) in [5.74, 6) is 0.0751. The number of hydrogen-bond donors (Lipinski definition) is 0. The molecule has 10 heavy (non-hydrogen) atoms. The van der Waals surface area contributed by atoms with Crippen molar-refractivity contribution >= 4 is 29.0 Å². The van der Waals surface area contributed by atoms with Gasteiger partial charge in [-0.25, -0.2) is 4.98 Å². The van der Waals surface area contributed by atoms with Crippen LogP contribution in [0.4, 0.5) is 5.82 Å². The van der Waals surface area contributed by atoms with Gasteiger partial charge in [0.05, 0.1) is 0 Å². The largest absolute Gasteiger partial charge is 0.358 e. The Bertz CT molecular complexity index is 291. The molecule has 50 valence electrons. The lowest BCUT2D eigenvalue weighted by molar-refractivity contribution is 1.22. The van der Waals surface area contributed by atoms with Crippen LogP contribution < -0.4 is 0 Å². The van der Waals surface area contributed by atoms with Crippen molar-refractivity contribution in [2.45, 2.75) is 0 Å².